The molecule has 2 heterocycles. The summed E-state index contributed by atoms with van der Waals surface area (Å²) in [5, 5.41) is 7.52. The molecule has 0 fully saturated rings. The van der Waals surface area contributed by atoms with Crippen molar-refractivity contribution in [3.05, 3.63) is 47.9 Å². The van der Waals surface area contributed by atoms with Crippen molar-refractivity contribution < 1.29 is 17.6 Å². The van der Waals surface area contributed by atoms with Gasteiger partial charge in [0, 0.05) is 11.9 Å². The first kappa shape index (κ1) is 13.3. The molecule has 0 radical (unpaired) electrons. The standard InChI is InChI=1S/C13H8F4N4/c14-10-3-1-7(13(15,16)17)5-9(10)12-20-19-11-4-2-8(18)6-21(11)12/h1-6H,18H2. The average Bonchev–Trinajstić information content (AvgIpc) is 2.80. The van der Waals surface area contributed by atoms with Gasteiger partial charge in [-0.1, -0.05) is 0 Å². The second-order valence-corrected chi connectivity index (χ2v) is 4.41. The van der Waals surface area contributed by atoms with Crippen molar-refractivity contribution in [2.75, 3.05) is 5.73 Å². The zero-order valence-electron chi connectivity index (χ0n) is 10.4. The van der Waals surface area contributed by atoms with Crippen molar-refractivity contribution in [3.63, 3.8) is 0 Å². The molecular formula is C13H8F4N4. The Labute approximate surface area is 115 Å². The Hall–Kier alpha value is -2.64. The molecule has 8 heteroatoms. The smallest absolute Gasteiger partial charge is 0.398 e. The number of halogens is 4. The Morgan fingerprint density at radius 2 is 1.81 bits per heavy atom. The van der Waals surface area contributed by atoms with Gasteiger partial charge < -0.3 is 5.73 Å². The molecule has 0 unspecified atom stereocenters. The second-order valence-electron chi connectivity index (χ2n) is 4.41. The third-order valence-corrected chi connectivity index (χ3v) is 2.96. The molecule has 108 valence electrons. The summed E-state index contributed by atoms with van der Waals surface area (Å²) in [7, 11) is 0. The van der Waals surface area contributed by atoms with Gasteiger partial charge in [-0.2, -0.15) is 13.2 Å². The molecule has 0 atom stereocenters. The Balaban J connectivity index is 2.25. The highest BCUT2D eigenvalue weighted by atomic mass is 19.4. The molecule has 0 aliphatic rings. The molecule has 0 aliphatic heterocycles. The number of aromatic nitrogens is 3. The van der Waals surface area contributed by atoms with Crippen LogP contribution in [-0.2, 0) is 6.18 Å². The third kappa shape index (κ3) is 2.28. The van der Waals surface area contributed by atoms with Gasteiger partial charge in [0.1, 0.15) is 5.82 Å². The van der Waals surface area contributed by atoms with E-state index < -0.39 is 17.6 Å². The highest BCUT2D eigenvalue weighted by molar-refractivity contribution is 5.62. The van der Waals surface area contributed by atoms with Gasteiger partial charge in [0.15, 0.2) is 11.5 Å². The fraction of sp³-hybridized carbons (Fsp3) is 0.0769. The Kier molecular flexibility index (Phi) is 2.82. The minimum absolute atomic E-state index is 0.0408. The number of nitrogens with two attached hydrogens (primary N) is 1. The van der Waals surface area contributed by atoms with Gasteiger partial charge in [-0.3, -0.25) is 4.40 Å². The lowest BCUT2D eigenvalue weighted by Gasteiger charge is -2.09. The number of nitrogen functional groups attached to an aromatic ring is 1. The number of alkyl halides is 3. The summed E-state index contributed by atoms with van der Waals surface area (Å²) in [5.74, 6) is -0.861. The third-order valence-electron chi connectivity index (χ3n) is 2.96. The van der Waals surface area contributed by atoms with Gasteiger partial charge in [0.05, 0.1) is 11.1 Å². The summed E-state index contributed by atoms with van der Waals surface area (Å²) < 4.78 is 53.4. The van der Waals surface area contributed by atoms with Crippen LogP contribution in [0.15, 0.2) is 36.5 Å². The highest BCUT2D eigenvalue weighted by Gasteiger charge is 2.31. The van der Waals surface area contributed by atoms with Crippen molar-refractivity contribution in [1.82, 2.24) is 14.6 Å². The largest absolute Gasteiger partial charge is 0.416 e. The summed E-state index contributed by atoms with van der Waals surface area (Å²) in [5.41, 5.74) is 5.08. The molecule has 1 aromatic carbocycles. The van der Waals surface area contributed by atoms with Crippen molar-refractivity contribution in [1.29, 1.82) is 0 Å². The molecule has 21 heavy (non-hydrogen) atoms. The summed E-state index contributed by atoms with van der Waals surface area (Å²) >= 11 is 0. The van der Waals surface area contributed by atoms with Crippen molar-refractivity contribution in [2.24, 2.45) is 0 Å². The Morgan fingerprint density at radius 3 is 2.52 bits per heavy atom. The van der Waals surface area contributed by atoms with E-state index in [1.165, 1.54) is 16.7 Å². The van der Waals surface area contributed by atoms with Gasteiger partial charge in [-0.05, 0) is 30.3 Å². The molecule has 0 bridgehead atoms. The van der Waals surface area contributed by atoms with Crippen LogP contribution in [0.3, 0.4) is 0 Å². The maximum absolute atomic E-state index is 13.9. The first-order chi connectivity index (χ1) is 9.86. The lowest BCUT2D eigenvalue weighted by Crippen LogP contribution is -2.06. The van der Waals surface area contributed by atoms with Crippen LogP contribution in [0.2, 0.25) is 0 Å². The number of rotatable bonds is 1. The molecule has 2 N–H and O–H groups in total. The normalized spacial score (nSPS) is 12.0. The summed E-state index contributed by atoms with van der Waals surface area (Å²) in [6, 6.07) is 5.24. The molecule has 0 amide bonds. The predicted molar refractivity (Wildman–Crippen MR) is 67.8 cm³/mol. The number of anilines is 1. The average molecular weight is 296 g/mol. The molecular weight excluding hydrogens is 288 g/mol. The number of fused-ring (bicyclic) bond motifs is 1. The maximum atomic E-state index is 13.9. The highest BCUT2D eigenvalue weighted by Crippen LogP contribution is 2.33. The summed E-state index contributed by atoms with van der Waals surface area (Å²) in [6.45, 7) is 0. The monoisotopic (exact) mass is 296 g/mol. The van der Waals surface area contributed by atoms with E-state index in [0.717, 1.165) is 6.07 Å². The topological polar surface area (TPSA) is 56.2 Å². The number of benzene rings is 1. The van der Waals surface area contributed by atoms with Gasteiger partial charge in [0.2, 0.25) is 0 Å². The van der Waals surface area contributed by atoms with E-state index in [0.29, 0.717) is 23.5 Å². The molecule has 0 saturated carbocycles. The van der Waals surface area contributed by atoms with E-state index in [-0.39, 0.29) is 11.4 Å². The van der Waals surface area contributed by atoms with Gasteiger partial charge in [-0.15, -0.1) is 10.2 Å². The van der Waals surface area contributed by atoms with Crippen LogP contribution in [0.25, 0.3) is 17.0 Å². The van der Waals surface area contributed by atoms with E-state index in [1.807, 2.05) is 0 Å². The van der Waals surface area contributed by atoms with Crippen LogP contribution in [0.5, 0.6) is 0 Å². The Morgan fingerprint density at radius 1 is 1.05 bits per heavy atom. The molecule has 3 aromatic rings. The SMILES string of the molecule is Nc1ccc2nnc(-c3cc(C(F)(F)F)ccc3F)n2c1. The maximum Gasteiger partial charge on any atom is 0.416 e. The van der Waals surface area contributed by atoms with Crippen LogP contribution in [0.1, 0.15) is 5.56 Å². The predicted octanol–water partition coefficient (Wildman–Crippen LogP) is 3.14. The van der Waals surface area contributed by atoms with Crippen LogP contribution in [0.4, 0.5) is 23.2 Å². The molecule has 0 saturated heterocycles. The molecule has 2 aromatic heterocycles. The van der Waals surface area contributed by atoms with Crippen molar-refractivity contribution >= 4 is 11.3 Å². The fourth-order valence-electron chi connectivity index (χ4n) is 1.96. The van der Waals surface area contributed by atoms with E-state index in [1.54, 1.807) is 6.07 Å². The first-order valence-corrected chi connectivity index (χ1v) is 5.83. The minimum atomic E-state index is -4.57. The zero-order valence-corrected chi connectivity index (χ0v) is 10.4. The quantitative estimate of drug-likeness (QED) is 0.702. The molecule has 4 nitrogen and oxygen atoms in total. The first-order valence-electron chi connectivity index (χ1n) is 5.83. The number of nitrogens with zero attached hydrogens (tertiary/aromatic N) is 3. The second kappa shape index (κ2) is 4.44. The van der Waals surface area contributed by atoms with E-state index >= 15 is 0 Å². The summed E-state index contributed by atoms with van der Waals surface area (Å²) in [4.78, 5) is 0. The van der Waals surface area contributed by atoms with E-state index in [4.69, 9.17) is 5.73 Å². The molecule has 0 aliphatic carbocycles. The lowest BCUT2D eigenvalue weighted by molar-refractivity contribution is -0.137. The zero-order chi connectivity index (χ0) is 15.2. The van der Waals surface area contributed by atoms with Crippen LogP contribution in [-0.4, -0.2) is 14.6 Å². The summed E-state index contributed by atoms with van der Waals surface area (Å²) in [6.07, 6.45) is -3.15. The molecule has 0 spiro atoms. The Bertz CT molecular complexity index is 823. The van der Waals surface area contributed by atoms with E-state index in [9.17, 15) is 17.6 Å². The van der Waals surface area contributed by atoms with E-state index in [2.05, 4.69) is 10.2 Å². The molecule has 3 rings (SSSR count). The minimum Gasteiger partial charge on any atom is -0.398 e. The van der Waals surface area contributed by atoms with Crippen molar-refractivity contribution in [3.8, 4) is 11.4 Å². The van der Waals surface area contributed by atoms with Crippen LogP contribution >= 0.6 is 0 Å². The van der Waals surface area contributed by atoms with Crippen LogP contribution in [0, 0.1) is 5.82 Å². The number of pyridine rings is 1. The van der Waals surface area contributed by atoms with Gasteiger partial charge in [0.25, 0.3) is 0 Å². The van der Waals surface area contributed by atoms with Gasteiger partial charge in [-0.25, -0.2) is 4.39 Å². The lowest BCUT2D eigenvalue weighted by atomic mass is 10.1. The number of hydrogen-bond donors (Lipinski definition) is 1. The van der Waals surface area contributed by atoms with Crippen molar-refractivity contribution in [2.45, 2.75) is 6.18 Å². The van der Waals surface area contributed by atoms with Crippen LogP contribution < -0.4 is 5.73 Å². The fourth-order valence-corrected chi connectivity index (χ4v) is 1.96. The van der Waals surface area contributed by atoms with Gasteiger partial charge >= 0.3 is 6.18 Å². The number of hydrogen-bond acceptors (Lipinski definition) is 3.